The Morgan fingerprint density at radius 1 is 1.37 bits per heavy atom. The van der Waals surface area contributed by atoms with Crippen LogP contribution in [-0.2, 0) is 4.79 Å². The van der Waals surface area contributed by atoms with Crippen molar-refractivity contribution in [2.75, 3.05) is 19.6 Å². The molecule has 0 bridgehead atoms. The average molecular weight is 268 g/mol. The van der Waals surface area contributed by atoms with Crippen molar-refractivity contribution in [2.24, 2.45) is 5.92 Å². The SMILES string of the molecule is CCNC1(C(=O)O)CCCC1CCN(CC)C1CC1. The van der Waals surface area contributed by atoms with Gasteiger partial charge in [-0.3, -0.25) is 4.79 Å². The molecule has 4 nitrogen and oxygen atoms in total. The molecule has 2 fully saturated rings. The molecule has 19 heavy (non-hydrogen) atoms. The van der Waals surface area contributed by atoms with Crippen molar-refractivity contribution >= 4 is 5.97 Å². The van der Waals surface area contributed by atoms with Crippen molar-refractivity contribution in [1.29, 1.82) is 0 Å². The summed E-state index contributed by atoms with van der Waals surface area (Å²) < 4.78 is 0. The van der Waals surface area contributed by atoms with E-state index in [1.165, 1.54) is 12.8 Å². The van der Waals surface area contributed by atoms with Crippen molar-refractivity contribution < 1.29 is 9.90 Å². The van der Waals surface area contributed by atoms with E-state index in [1.807, 2.05) is 6.92 Å². The van der Waals surface area contributed by atoms with E-state index in [1.54, 1.807) is 0 Å². The number of carbonyl (C=O) groups is 1. The van der Waals surface area contributed by atoms with Crippen LogP contribution in [-0.4, -0.2) is 47.2 Å². The molecule has 0 saturated heterocycles. The van der Waals surface area contributed by atoms with Gasteiger partial charge < -0.3 is 15.3 Å². The number of likely N-dealkylation sites (N-methyl/N-ethyl adjacent to an activating group) is 1. The minimum absolute atomic E-state index is 0.290. The van der Waals surface area contributed by atoms with Crippen LogP contribution in [0.5, 0.6) is 0 Å². The molecule has 4 heteroatoms. The van der Waals surface area contributed by atoms with E-state index in [-0.39, 0.29) is 5.92 Å². The number of rotatable bonds is 8. The quantitative estimate of drug-likeness (QED) is 0.708. The average Bonchev–Trinajstić information content (AvgIpc) is 3.13. The Bertz CT molecular complexity index is 317. The smallest absolute Gasteiger partial charge is 0.324 e. The van der Waals surface area contributed by atoms with Gasteiger partial charge >= 0.3 is 5.97 Å². The molecule has 110 valence electrons. The lowest BCUT2D eigenvalue weighted by atomic mass is 9.84. The molecular formula is C15H28N2O2. The van der Waals surface area contributed by atoms with Crippen LogP contribution in [0.1, 0.15) is 52.4 Å². The number of nitrogens with zero attached hydrogens (tertiary/aromatic N) is 1. The van der Waals surface area contributed by atoms with Gasteiger partial charge in [-0.05, 0) is 57.7 Å². The van der Waals surface area contributed by atoms with Crippen molar-refractivity contribution in [1.82, 2.24) is 10.2 Å². The zero-order chi connectivity index (χ0) is 13.9. The normalized spacial score (nSPS) is 31.0. The maximum atomic E-state index is 11.7. The van der Waals surface area contributed by atoms with Crippen LogP contribution >= 0.6 is 0 Å². The van der Waals surface area contributed by atoms with Gasteiger partial charge in [-0.15, -0.1) is 0 Å². The fraction of sp³-hybridized carbons (Fsp3) is 0.933. The zero-order valence-electron chi connectivity index (χ0n) is 12.3. The third-order valence-corrected chi connectivity index (χ3v) is 4.93. The molecule has 2 saturated carbocycles. The molecule has 0 aromatic heterocycles. The lowest BCUT2D eigenvalue weighted by molar-refractivity contribution is -0.146. The molecule has 2 rings (SSSR count). The number of hydrogen-bond donors (Lipinski definition) is 2. The van der Waals surface area contributed by atoms with E-state index in [4.69, 9.17) is 0 Å². The summed E-state index contributed by atoms with van der Waals surface area (Å²) in [6, 6.07) is 0.782. The summed E-state index contributed by atoms with van der Waals surface area (Å²) in [6.45, 7) is 7.11. The molecule has 2 N–H and O–H groups in total. The minimum atomic E-state index is -0.655. The van der Waals surface area contributed by atoms with Gasteiger partial charge in [0.1, 0.15) is 5.54 Å². The van der Waals surface area contributed by atoms with Crippen molar-refractivity contribution in [3.05, 3.63) is 0 Å². The van der Waals surface area contributed by atoms with E-state index in [9.17, 15) is 9.90 Å². The molecule has 0 amide bonds. The summed E-state index contributed by atoms with van der Waals surface area (Å²) in [4.78, 5) is 14.2. The highest BCUT2D eigenvalue weighted by Crippen LogP contribution is 2.39. The number of hydrogen-bond acceptors (Lipinski definition) is 3. The van der Waals surface area contributed by atoms with Crippen LogP contribution in [0.15, 0.2) is 0 Å². The molecular weight excluding hydrogens is 240 g/mol. The van der Waals surface area contributed by atoms with Crippen LogP contribution in [0.2, 0.25) is 0 Å². The summed E-state index contributed by atoms with van der Waals surface area (Å²) in [6.07, 6.45) is 6.56. The van der Waals surface area contributed by atoms with Crippen LogP contribution in [0.4, 0.5) is 0 Å². The fourth-order valence-corrected chi connectivity index (χ4v) is 3.73. The van der Waals surface area contributed by atoms with Crippen LogP contribution in [0.3, 0.4) is 0 Å². The lowest BCUT2D eigenvalue weighted by Crippen LogP contribution is -2.55. The highest BCUT2D eigenvalue weighted by Gasteiger charge is 2.48. The molecule has 2 aliphatic carbocycles. The molecule has 0 spiro atoms. The van der Waals surface area contributed by atoms with Gasteiger partial charge in [-0.1, -0.05) is 20.3 Å². The third kappa shape index (κ3) is 3.11. The lowest BCUT2D eigenvalue weighted by Gasteiger charge is -2.33. The highest BCUT2D eigenvalue weighted by molar-refractivity contribution is 5.79. The maximum absolute atomic E-state index is 11.7. The first-order valence-electron chi connectivity index (χ1n) is 7.86. The second-order valence-corrected chi connectivity index (χ2v) is 6.04. The largest absolute Gasteiger partial charge is 0.480 e. The first kappa shape index (κ1) is 14.8. The van der Waals surface area contributed by atoms with Gasteiger partial charge in [0.25, 0.3) is 0 Å². The Labute approximate surface area is 116 Å². The molecule has 0 radical (unpaired) electrons. The summed E-state index contributed by atoms with van der Waals surface area (Å²) in [7, 11) is 0. The van der Waals surface area contributed by atoms with Gasteiger partial charge in [-0.2, -0.15) is 0 Å². The predicted molar refractivity (Wildman–Crippen MR) is 76.3 cm³/mol. The topological polar surface area (TPSA) is 52.6 Å². The van der Waals surface area contributed by atoms with Gasteiger partial charge in [-0.25, -0.2) is 0 Å². The number of aliphatic carboxylic acids is 1. The van der Waals surface area contributed by atoms with Gasteiger partial charge in [0, 0.05) is 6.04 Å². The molecule has 0 aromatic carbocycles. The van der Waals surface area contributed by atoms with Crippen LogP contribution in [0.25, 0.3) is 0 Å². The van der Waals surface area contributed by atoms with Crippen molar-refractivity contribution in [3.8, 4) is 0 Å². The highest BCUT2D eigenvalue weighted by atomic mass is 16.4. The van der Waals surface area contributed by atoms with Gasteiger partial charge in [0.05, 0.1) is 0 Å². The van der Waals surface area contributed by atoms with Crippen LogP contribution < -0.4 is 5.32 Å². The monoisotopic (exact) mass is 268 g/mol. The molecule has 0 aliphatic heterocycles. The van der Waals surface area contributed by atoms with Gasteiger partial charge in [0.15, 0.2) is 0 Å². The van der Waals surface area contributed by atoms with E-state index in [0.29, 0.717) is 0 Å². The first-order chi connectivity index (χ1) is 9.14. The summed E-state index contributed by atoms with van der Waals surface area (Å²) in [5.41, 5.74) is -0.655. The van der Waals surface area contributed by atoms with Crippen molar-refractivity contribution in [3.63, 3.8) is 0 Å². The van der Waals surface area contributed by atoms with E-state index < -0.39 is 11.5 Å². The Balaban J connectivity index is 1.94. The minimum Gasteiger partial charge on any atom is -0.480 e. The summed E-state index contributed by atoms with van der Waals surface area (Å²) in [5.74, 6) is -0.357. The molecule has 2 unspecified atom stereocenters. The molecule has 0 heterocycles. The zero-order valence-corrected chi connectivity index (χ0v) is 12.3. The molecule has 2 atom stereocenters. The second kappa shape index (κ2) is 6.23. The number of carboxylic acid groups (broad SMARTS) is 1. The maximum Gasteiger partial charge on any atom is 0.324 e. The standard InChI is InChI=1S/C15H28N2O2/c1-3-16-15(14(18)19)10-5-6-12(15)9-11-17(4-2)13-7-8-13/h12-13,16H,3-11H2,1-2H3,(H,18,19). The Kier molecular flexibility index (Phi) is 4.85. The molecule has 0 aromatic rings. The van der Waals surface area contributed by atoms with E-state index in [0.717, 1.165) is 51.4 Å². The van der Waals surface area contributed by atoms with Gasteiger partial charge in [0.2, 0.25) is 0 Å². The summed E-state index contributed by atoms with van der Waals surface area (Å²) in [5, 5.41) is 12.9. The Morgan fingerprint density at radius 2 is 2.11 bits per heavy atom. The molecule has 2 aliphatic rings. The number of nitrogens with one attached hydrogen (secondary N) is 1. The third-order valence-electron chi connectivity index (χ3n) is 4.93. The Morgan fingerprint density at radius 3 is 2.63 bits per heavy atom. The summed E-state index contributed by atoms with van der Waals surface area (Å²) >= 11 is 0. The van der Waals surface area contributed by atoms with E-state index >= 15 is 0 Å². The fourth-order valence-electron chi connectivity index (χ4n) is 3.73. The number of carboxylic acids is 1. The van der Waals surface area contributed by atoms with Crippen molar-refractivity contribution in [2.45, 2.75) is 64.0 Å². The first-order valence-corrected chi connectivity index (χ1v) is 7.86. The predicted octanol–water partition coefficient (Wildman–Crippen LogP) is 2.09. The van der Waals surface area contributed by atoms with E-state index in [2.05, 4.69) is 17.1 Å². The Hall–Kier alpha value is -0.610. The van der Waals surface area contributed by atoms with Crippen LogP contribution in [0, 0.1) is 5.92 Å². The second-order valence-electron chi connectivity index (χ2n) is 6.04.